The van der Waals surface area contributed by atoms with Crippen LogP contribution in [-0.2, 0) is 11.5 Å². The van der Waals surface area contributed by atoms with Crippen molar-refractivity contribution in [2.75, 3.05) is 6.61 Å². The molecule has 28 heavy (non-hydrogen) atoms. The fourth-order valence-electron chi connectivity index (χ4n) is 3.08. The smallest absolute Gasteiger partial charge is 0.159 e. The van der Waals surface area contributed by atoms with Crippen LogP contribution in [0, 0.1) is 3.57 Å². The average molecular weight is 506 g/mol. The number of halogens is 1. The van der Waals surface area contributed by atoms with Gasteiger partial charge in [0.2, 0.25) is 0 Å². The Morgan fingerprint density at radius 1 is 1.21 bits per heavy atom. The minimum Gasteiger partial charge on any atom is -0.506 e. The number of phenols is 1. The molecule has 0 unspecified atom stereocenters. The summed E-state index contributed by atoms with van der Waals surface area (Å²) in [6, 6.07) is 12.7. The molecule has 146 valence electrons. The highest BCUT2D eigenvalue weighted by Gasteiger charge is 2.18. The summed E-state index contributed by atoms with van der Waals surface area (Å²) in [5.41, 5.74) is 3.11. The molecule has 0 saturated heterocycles. The van der Waals surface area contributed by atoms with E-state index in [1.807, 2.05) is 10.7 Å². The van der Waals surface area contributed by atoms with Crippen LogP contribution < -0.4 is 0 Å². The number of phenolic OH excluding ortho intramolecular Hbond substituents is 1. The highest BCUT2D eigenvalue weighted by atomic mass is 127. The first-order valence-electron chi connectivity index (χ1n) is 9.24. The van der Waals surface area contributed by atoms with E-state index < -0.39 is 8.07 Å². The van der Waals surface area contributed by atoms with E-state index in [9.17, 15) is 5.11 Å². The normalized spacial score (nSPS) is 12.3. The third kappa shape index (κ3) is 3.94. The Balaban J connectivity index is 1.71. The molecule has 0 fully saturated rings. The van der Waals surface area contributed by atoms with Crippen molar-refractivity contribution in [3.63, 3.8) is 0 Å². The lowest BCUT2D eigenvalue weighted by molar-refractivity contribution is 0.0818. The fourth-order valence-corrected chi connectivity index (χ4v) is 4.33. The monoisotopic (exact) mass is 506 g/mol. The number of nitrogens with zero attached hydrogens (tertiary/aromatic N) is 3. The van der Waals surface area contributed by atoms with Gasteiger partial charge in [0.1, 0.15) is 23.7 Å². The number of benzene rings is 2. The zero-order valence-electron chi connectivity index (χ0n) is 16.2. The second-order valence-corrected chi connectivity index (χ2v) is 15.0. The predicted molar refractivity (Wildman–Crippen MR) is 123 cm³/mol. The van der Waals surface area contributed by atoms with Crippen LogP contribution in [0.3, 0.4) is 0 Å². The summed E-state index contributed by atoms with van der Waals surface area (Å²) in [6.07, 6.45) is 0. The zero-order chi connectivity index (χ0) is 19.9. The summed E-state index contributed by atoms with van der Waals surface area (Å²) in [7, 11) is -1.12. The molecule has 0 spiro atoms. The topological polar surface area (TPSA) is 76.0 Å². The molecule has 0 amide bonds. The van der Waals surface area contributed by atoms with Crippen LogP contribution in [0.5, 0.6) is 5.75 Å². The molecule has 2 aromatic carbocycles. The number of imidazole rings is 1. The van der Waals surface area contributed by atoms with Crippen molar-refractivity contribution in [2.45, 2.75) is 32.4 Å². The van der Waals surface area contributed by atoms with E-state index in [2.05, 4.69) is 70.4 Å². The molecule has 0 saturated carbocycles. The van der Waals surface area contributed by atoms with Gasteiger partial charge in [0.05, 0.1) is 11.0 Å². The molecular weight excluding hydrogens is 483 g/mol. The minimum absolute atomic E-state index is 0.160. The van der Waals surface area contributed by atoms with Crippen LogP contribution in [0.2, 0.25) is 25.7 Å². The summed E-state index contributed by atoms with van der Waals surface area (Å²) < 4.78 is 8.94. The Kier molecular flexibility index (Phi) is 5.19. The summed E-state index contributed by atoms with van der Waals surface area (Å²) in [4.78, 5) is 7.87. The summed E-state index contributed by atoms with van der Waals surface area (Å²) >= 11 is 2.30. The fraction of sp³-hybridized carbons (Fsp3) is 0.300. The second-order valence-electron chi connectivity index (χ2n) is 8.12. The van der Waals surface area contributed by atoms with Crippen molar-refractivity contribution in [1.82, 2.24) is 19.7 Å². The van der Waals surface area contributed by atoms with Gasteiger partial charge in [-0.05, 0) is 59.0 Å². The lowest BCUT2D eigenvalue weighted by Gasteiger charge is -2.15. The summed E-state index contributed by atoms with van der Waals surface area (Å²) in [6.45, 7) is 8.19. The predicted octanol–water partition coefficient (Wildman–Crippen LogP) is 5.20. The first-order chi connectivity index (χ1) is 13.3. The van der Waals surface area contributed by atoms with Gasteiger partial charge < -0.3 is 14.8 Å². The standard InChI is InChI=1S/C20H23IN4O2Si/c1-28(2,3)10-9-27-12-25-16-8-7-13(21)11-14(16)18(24-25)20-22-15-5-4-6-17(26)19(15)23-20/h4-8,11,26H,9-10,12H2,1-3H3,(H,22,23). The van der Waals surface area contributed by atoms with Gasteiger partial charge in [0.15, 0.2) is 5.82 Å². The molecule has 4 aromatic rings. The molecule has 6 nitrogen and oxygen atoms in total. The number of hydrogen-bond donors (Lipinski definition) is 2. The van der Waals surface area contributed by atoms with Crippen LogP contribution in [0.25, 0.3) is 33.5 Å². The highest BCUT2D eigenvalue weighted by Crippen LogP contribution is 2.31. The number of H-pyrrole nitrogens is 1. The zero-order valence-corrected chi connectivity index (χ0v) is 19.3. The number of aromatic amines is 1. The Morgan fingerprint density at radius 3 is 2.79 bits per heavy atom. The van der Waals surface area contributed by atoms with E-state index in [4.69, 9.17) is 9.84 Å². The van der Waals surface area contributed by atoms with Crippen molar-refractivity contribution in [2.24, 2.45) is 0 Å². The quantitative estimate of drug-likeness (QED) is 0.214. The van der Waals surface area contributed by atoms with E-state index in [-0.39, 0.29) is 5.75 Å². The van der Waals surface area contributed by atoms with E-state index in [0.717, 1.165) is 38.3 Å². The van der Waals surface area contributed by atoms with Crippen molar-refractivity contribution < 1.29 is 9.84 Å². The van der Waals surface area contributed by atoms with Crippen LogP contribution in [0.1, 0.15) is 0 Å². The number of rotatable bonds is 6. The van der Waals surface area contributed by atoms with Crippen LogP contribution in [0.4, 0.5) is 0 Å². The lowest BCUT2D eigenvalue weighted by Crippen LogP contribution is -2.22. The summed E-state index contributed by atoms with van der Waals surface area (Å²) in [5, 5.41) is 15.9. The Morgan fingerprint density at radius 2 is 2.04 bits per heavy atom. The van der Waals surface area contributed by atoms with Gasteiger partial charge in [0.25, 0.3) is 0 Å². The highest BCUT2D eigenvalue weighted by molar-refractivity contribution is 14.1. The SMILES string of the molecule is C[Si](C)(C)CCOCn1nc(-c2nc3c(O)cccc3[nH]2)c2cc(I)ccc21. The molecular formula is C20H23IN4O2Si. The number of aromatic nitrogens is 4. The van der Waals surface area contributed by atoms with E-state index in [1.165, 1.54) is 0 Å². The molecule has 0 aliphatic heterocycles. The number of fused-ring (bicyclic) bond motifs is 2. The minimum atomic E-state index is -1.12. The van der Waals surface area contributed by atoms with Gasteiger partial charge >= 0.3 is 0 Å². The molecule has 0 aliphatic carbocycles. The van der Waals surface area contributed by atoms with Crippen molar-refractivity contribution in [1.29, 1.82) is 0 Å². The second kappa shape index (κ2) is 7.49. The lowest BCUT2D eigenvalue weighted by atomic mass is 10.2. The number of nitrogens with one attached hydrogen (secondary N) is 1. The van der Waals surface area contributed by atoms with Gasteiger partial charge in [-0.25, -0.2) is 9.67 Å². The Bertz CT molecular complexity index is 1150. The molecule has 0 aliphatic rings. The van der Waals surface area contributed by atoms with Crippen LogP contribution in [0.15, 0.2) is 36.4 Å². The first-order valence-corrected chi connectivity index (χ1v) is 14.0. The van der Waals surface area contributed by atoms with E-state index in [0.29, 0.717) is 18.1 Å². The van der Waals surface area contributed by atoms with Crippen molar-refractivity contribution in [3.05, 3.63) is 40.0 Å². The van der Waals surface area contributed by atoms with Crippen LogP contribution in [-0.4, -0.2) is 39.5 Å². The third-order valence-electron chi connectivity index (χ3n) is 4.64. The van der Waals surface area contributed by atoms with Gasteiger partial charge in [-0.2, -0.15) is 5.10 Å². The molecule has 2 N–H and O–H groups in total. The van der Waals surface area contributed by atoms with Crippen molar-refractivity contribution in [3.8, 4) is 17.3 Å². The number of hydrogen-bond acceptors (Lipinski definition) is 4. The van der Waals surface area contributed by atoms with Gasteiger partial charge in [-0.3, -0.25) is 0 Å². The van der Waals surface area contributed by atoms with Crippen molar-refractivity contribution >= 4 is 52.6 Å². The molecule has 4 rings (SSSR count). The average Bonchev–Trinajstić information content (AvgIpc) is 3.20. The van der Waals surface area contributed by atoms with E-state index >= 15 is 0 Å². The molecule has 0 radical (unpaired) electrons. The molecule has 0 bridgehead atoms. The molecule has 0 atom stereocenters. The summed E-state index contributed by atoms with van der Waals surface area (Å²) in [5.74, 6) is 0.803. The largest absolute Gasteiger partial charge is 0.506 e. The maximum absolute atomic E-state index is 10.1. The number of aromatic hydroxyl groups is 1. The molecule has 2 aromatic heterocycles. The first kappa shape index (κ1) is 19.4. The maximum Gasteiger partial charge on any atom is 0.159 e. The Labute approximate surface area is 178 Å². The third-order valence-corrected chi connectivity index (χ3v) is 7.01. The molecule has 8 heteroatoms. The number of para-hydroxylation sites is 1. The maximum atomic E-state index is 10.1. The van der Waals surface area contributed by atoms with Gasteiger partial charge in [-0.15, -0.1) is 0 Å². The number of ether oxygens (including phenoxy) is 1. The van der Waals surface area contributed by atoms with Gasteiger partial charge in [0, 0.05) is 23.6 Å². The van der Waals surface area contributed by atoms with E-state index in [1.54, 1.807) is 12.1 Å². The van der Waals surface area contributed by atoms with Gasteiger partial charge in [-0.1, -0.05) is 25.7 Å². The molecule has 2 heterocycles. The Hall–Kier alpha value is -1.91. The van der Waals surface area contributed by atoms with Crippen LogP contribution >= 0.6 is 22.6 Å².